The Morgan fingerprint density at radius 2 is 1.74 bits per heavy atom. The lowest BCUT2D eigenvalue weighted by molar-refractivity contribution is -0.153. The van der Waals surface area contributed by atoms with Crippen molar-refractivity contribution in [1.82, 2.24) is 0 Å². The fourth-order valence-corrected chi connectivity index (χ4v) is 5.03. The van der Waals surface area contributed by atoms with E-state index in [1.54, 1.807) is 0 Å². The maximum atomic E-state index is 11.9. The van der Waals surface area contributed by atoms with E-state index in [4.69, 9.17) is 4.74 Å². The molecule has 0 aromatic heterocycles. The minimum atomic E-state index is -0.278. The van der Waals surface area contributed by atoms with Crippen molar-refractivity contribution in [3.63, 3.8) is 0 Å². The third kappa shape index (κ3) is 1.63. The molecule has 5 atom stereocenters. The molecule has 3 nitrogen and oxygen atoms in total. The summed E-state index contributed by atoms with van der Waals surface area (Å²) in [5, 5.41) is 0. The van der Waals surface area contributed by atoms with E-state index < -0.39 is 0 Å². The zero-order valence-corrected chi connectivity index (χ0v) is 11.1. The predicted octanol–water partition coefficient (Wildman–Crippen LogP) is 2.85. The second-order valence-corrected chi connectivity index (χ2v) is 6.66. The second-order valence-electron chi connectivity index (χ2n) is 6.66. The maximum Gasteiger partial charge on any atom is 0.321 e. The highest BCUT2D eigenvalue weighted by Crippen LogP contribution is 2.53. The van der Waals surface area contributed by atoms with Crippen molar-refractivity contribution in [1.29, 1.82) is 0 Å². The first-order chi connectivity index (χ1) is 9.25. The summed E-state index contributed by atoms with van der Waals surface area (Å²) in [6.07, 6.45) is 10.7. The normalized spacial score (nSPS) is 44.8. The van der Waals surface area contributed by atoms with Gasteiger partial charge in [-0.2, -0.15) is 0 Å². The Morgan fingerprint density at radius 1 is 0.947 bits per heavy atom. The number of hydrogen-bond donors (Lipinski definition) is 0. The van der Waals surface area contributed by atoms with Gasteiger partial charge in [0.1, 0.15) is 0 Å². The average molecular weight is 260 g/mol. The maximum absolute atomic E-state index is 11.9. The summed E-state index contributed by atoms with van der Waals surface area (Å²) in [4.78, 5) is 23.7. The molecule has 19 heavy (non-hydrogen) atoms. The molecule has 4 rings (SSSR count). The van der Waals surface area contributed by atoms with Crippen molar-refractivity contribution in [2.75, 3.05) is 0 Å². The van der Waals surface area contributed by atoms with Gasteiger partial charge in [-0.15, -0.1) is 0 Å². The summed E-state index contributed by atoms with van der Waals surface area (Å²) in [7, 11) is 0. The van der Waals surface area contributed by atoms with Gasteiger partial charge in [-0.3, -0.25) is 9.59 Å². The highest BCUT2D eigenvalue weighted by molar-refractivity contribution is 5.98. The molecule has 102 valence electrons. The third-order valence-electron chi connectivity index (χ3n) is 5.88. The molecule has 0 aromatic rings. The molecule has 0 N–H and O–H groups in total. The van der Waals surface area contributed by atoms with Crippen LogP contribution in [0.2, 0.25) is 0 Å². The van der Waals surface area contributed by atoms with E-state index in [0.717, 1.165) is 31.1 Å². The summed E-state index contributed by atoms with van der Waals surface area (Å²) < 4.78 is 4.87. The lowest BCUT2D eigenvalue weighted by atomic mass is 9.58. The van der Waals surface area contributed by atoms with Gasteiger partial charge < -0.3 is 4.74 Å². The van der Waals surface area contributed by atoms with Gasteiger partial charge in [-0.05, 0) is 49.9 Å². The van der Waals surface area contributed by atoms with E-state index in [0.29, 0.717) is 5.92 Å². The monoisotopic (exact) mass is 260 g/mol. The Bertz CT molecular complexity index is 465. The van der Waals surface area contributed by atoms with Crippen molar-refractivity contribution >= 4 is 11.9 Å². The first-order valence-electron chi connectivity index (χ1n) is 7.71. The minimum Gasteiger partial charge on any atom is -0.392 e. The molecule has 1 saturated heterocycles. The molecule has 3 aliphatic carbocycles. The number of esters is 2. The molecular weight excluding hydrogens is 240 g/mol. The largest absolute Gasteiger partial charge is 0.392 e. The average Bonchev–Trinajstić information content (AvgIpc) is 2.74. The lowest BCUT2D eigenvalue weighted by Gasteiger charge is -2.45. The summed E-state index contributed by atoms with van der Waals surface area (Å²) in [5.74, 6) is 1.19. The molecule has 0 spiro atoms. The van der Waals surface area contributed by atoms with Crippen molar-refractivity contribution in [3.05, 3.63) is 11.6 Å². The molecule has 5 unspecified atom stereocenters. The van der Waals surface area contributed by atoms with Crippen molar-refractivity contribution in [3.8, 4) is 0 Å². The summed E-state index contributed by atoms with van der Waals surface area (Å²) >= 11 is 0. The Labute approximate surface area is 113 Å². The van der Waals surface area contributed by atoms with Gasteiger partial charge in [-0.1, -0.05) is 24.5 Å². The van der Waals surface area contributed by atoms with Crippen LogP contribution in [-0.4, -0.2) is 11.9 Å². The summed E-state index contributed by atoms with van der Waals surface area (Å²) in [6.45, 7) is 0. The zero-order valence-electron chi connectivity index (χ0n) is 11.1. The standard InChI is InChI=1S/C16H20O3/c17-15-13-8-7-11-10-4-2-1-3-9(10)5-6-12(11)14(13)16(18)19-15/h6,9-11,13-14H,1-5,7-8H2. The lowest BCUT2D eigenvalue weighted by Crippen LogP contribution is -2.39. The molecule has 0 aromatic carbocycles. The van der Waals surface area contributed by atoms with Gasteiger partial charge in [0, 0.05) is 0 Å². The van der Waals surface area contributed by atoms with Gasteiger partial charge >= 0.3 is 11.9 Å². The first-order valence-corrected chi connectivity index (χ1v) is 7.71. The van der Waals surface area contributed by atoms with Crippen LogP contribution in [-0.2, 0) is 14.3 Å². The molecule has 4 aliphatic rings. The van der Waals surface area contributed by atoms with Crippen LogP contribution in [0.3, 0.4) is 0 Å². The number of rotatable bonds is 0. The molecule has 3 heteroatoms. The fraction of sp³-hybridized carbons (Fsp3) is 0.750. The Hall–Kier alpha value is -1.12. The summed E-state index contributed by atoms with van der Waals surface area (Å²) in [6, 6.07) is 0. The Balaban J connectivity index is 1.68. The first kappa shape index (κ1) is 11.7. The van der Waals surface area contributed by atoms with Crippen LogP contribution in [0.1, 0.15) is 44.9 Å². The highest BCUT2D eigenvalue weighted by atomic mass is 16.6. The Kier molecular flexibility index (Phi) is 2.58. The molecule has 0 bridgehead atoms. The Morgan fingerprint density at radius 3 is 2.63 bits per heavy atom. The quantitative estimate of drug-likeness (QED) is 0.382. The van der Waals surface area contributed by atoms with Crippen molar-refractivity contribution in [2.45, 2.75) is 44.9 Å². The van der Waals surface area contributed by atoms with E-state index in [2.05, 4.69) is 6.08 Å². The predicted molar refractivity (Wildman–Crippen MR) is 69.0 cm³/mol. The van der Waals surface area contributed by atoms with Crippen LogP contribution in [0.15, 0.2) is 11.6 Å². The smallest absolute Gasteiger partial charge is 0.321 e. The van der Waals surface area contributed by atoms with Crippen LogP contribution in [0.5, 0.6) is 0 Å². The number of fused-ring (bicyclic) bond motifs is 5. The third-order valence-corrected chi connectivity index (χ3v) is 5.88. The molecule has 1 heterocycles. The SMILES string of the molecule is O=C1OC(=O)C2C3=CCC4CCCCC4C3CCC12. The number of cyclic esters (lactones) is 2. The molecule has 0 amide bonds. The van der Waals surface area contributed by atoms with E-state index >= 15 is 0 Å². The number of ether oxygens (including phenoxy) is 1. The van der Waals surface area contributed by atoms with Crippen molar-refractivity contribution in [2.24, 2.45) is 29.6 Å². The number of allylic oxidation sites excluding steroid dienone is 1. The van der Waals surface area contributed by atoms with Crippen LogP contribution >= 0.6 is 0 Å². The number of hydrogen-bond acceptors (Lipinski definition) is 3. The van der Waals surface area contributed by atoms with Gasteiger partial charge in [0.2, 0.25) is 0 Å². The van der Waals surface area contributed by atoms with Gasteiger partial charge in [0.25, 0.3) is 0 Å². The highest BCUT2D eigenvalue weighted by Gasteiger charge is 2.53. The molecule has 1 aliphatic heterocycles. The summed E-state index contributed by atoms with van der Waals surface area (Å²) in [5.41, 5.74) is 1.26. The molecular formula is C16H20O3. The van der Waals surface area contributed by atoms with Gasteiger partial charge in [0.05, 0.1) is 11.8 Å². The second kappa shape index (κ2) is 4.19. The van der Waals surface area contributed by atoms with Gasteiger partial charge in [-0.25, -0.2) is 0 Å². The van der Waals surface area contributed by atoms with E-state index in [1.165, 1.54) is 31.3 Å². The zero-order chi connectivity index (χ0) is 13.0. The molecule has 3 fully saturated rings. The number of carbonyl (C=O) groups excluding carboxylic acids is 2. The van der Waals surface area contributed by atoms with Crippen LogP contribution in [0, 0.1) is 29.6 Å². The van der Waals surface area contributed by atoms with E-state index in [-0.39, 0.29) is 23.8 Å². The van der Waals surface area contributed by atoms with E-state index in [1.807, 2.05) is 0 Å². The van der Waals surface area contributed by atoms with Crippen LogP contribution in [0.4, 0.5) is 0 Å². The minimum absolute atomic E-state index is 0.171. The number of carbonyl (C=O) groups is 2. The molecule has 2 saturated carbocycles. The molecule has 0 radical (unpaired) electrons. The van der Waals surface area contributed by atoms with Crippen molar-refractivity contribution < 1.29 is 14.3 Å². The topological polar surface area (TPSA) is 43.4 Å². The van der Waals surface area contributed by atoms with Crippen LogP contribution < -0.4 is 0 Å². The fourth-order valence-electron chi connectivity index (χ4n) is 5.03. The van der Waals surface area contributed by atoms with Gasteiger partial charge in [0.15, 0.2) is 0 Å². The van der Waals surface area contributed by atoms with Crippen LogP contribution in [0.25, 0.3) is 0 Å². The van der Waals surface area contributed by atoms with E-state index in [9.17, 15) is 9.59 Å².